The number of aryl methyl sites for hydroxylation is 1. The molecule has 0 aliphatic heterocycles. The van der Waals surface area contributed by atoms with E-state index in [4.69, 9.17) is 0 Å². The maximum absolute atomic E-state index is 4.30. The van der Waals surface area contributed by atoms with Gasteiger partial charge < -0.3 is 0 Å². The minimum absolute atomic E-state index is 0.940. The van der Waals surface area contributed by atoms with Gasteiger partial charge in [0.2, 0.25) is 0 Å². The summed E-state index contributed by atoms with van der Waals surface area (Å²) in [6.07, 6.45) is 3.33. The summed E-state index contributed by atoms with van der Waals surface area (Å²) >= 11 is 0. The van der Waals surface area contributed by atoms with Gasteiger partial charge in [-0.2, -0.15) is 0 Å². The fraction of sp³-hybridized carbons (Fsp3) is 0.286. The molecule has 0 saturated heterocycles. The van der Waals surface area contributed by atoms with Crippen molar-refractivity contribution < 1.29 is 0 Å². The number of nitrogens with zero attached hydrogens (tertiary/aromatic N) is 3. The Balaban J connectivity index is 2.27. The number of fused-ring (bicyclic) bond motifs is 3. The Bertz CT molecular complexity index is 655. The van der Waals surface area contributed by atoms with Crippen molar-refractivity contribution in [3.63, 3.8) is 0 Å². The zero-order chi connectivity index (χ0) is 11.7. The molecule has 86 valence electrons. The van der Waals surface area contributed by atoms with Crippen molar-refractivity contribution in [3.8, 4) is 0 Å². The zero-order valence-corrected chi connectivity index (χ0v) is 9.93. The highest BCUT2D eigenvalue weighted by atomic mass is 15.2. The summed E-state index contributed by atoms with van der Waals surface area (Å²) in [5, 5.41) is 9.76. The van der Waals surface area contributed by atoms with Crippen LogP contribution in [0.2, 0.25) is 0 Å². The molecular formula is C14H15N3. The molecule has 3 rings (SSSR count). The van der Waals surface area contributed by atoms with E-state index in [0.29, 0.717) is 0 Å². The third-order valence-corrected chi connectivity index (χ3v) is 3.10. The second kappa shape index (κ2) is 4.17. The summed E-state index contributed by atoms with van der Waals surface area (Å²) in [6, 6.07) is 12.5. The lowest BCUT2D eigenvalue weighted by Crippen LogP contribution is -1.96. The van der Waals surface area contributed by atoms with Crippen molar-refractivity contribution in [3.05, 3.63) is 42.2 Å². The first kappa shape index (κ1) is 10.3. The first-order chi connectivity index (χ1) is 8.40. The number of unbranched alkanes of at least 4 members (excludes halogenated alkanes) is 1. The molecule has 0 aliphatic rings. The largest absolute Gasteiger partial charge is 0.279 e. The summed E-state index contributed by atoms with van der Waals surface area (Å²) in [5.74, 6) is 1.07. The number of rotatable bonds is 3. The summed E-state index contributed by atoms with van der Waals surface area (Å²) in [5.41, 5.74) is 2.14. The molecule has 0 radical (unpaired) electrons. The number of para-hydroxylation sites is 1. The maximum Gasteiger partial charge on any atom is 0.161 e. The molecule has 2 aromatic heterocycles. The molecule has 0 spiro atoms. The molecule has 1 aromatic carbocycles. The lowest BCUT2D eigenvalue weighted by Gasteiger charge is -2.03. The van der Waals surface area contributed by atoms with Crippen molar-refractivity contribution in [2.45, 2.75) is 26.2 Å². The molecule has 0 amide bonds. The minimum atomic E-state index is 0.940. The molecular weight excluding hydrogens is 210 g/mol. The SMILES string of the molecule is CCCCc1nnc2ccc3ccccc3n12. The van der Waals surface area contributed by atoms with Crippen molar-refractivity contribution >= 4 is 16.6 Å². The van der Waals surface area contributed by atoms with E-state index in [1.54, 1.807) is 0 Å². The summed E-state index contributed by atoms with van der Waals surface area (Å²) in [7, 11) is 0. The molecule has 0 fully saturated rings. The van der Waals surface area contributed by atoms with Crippen LogP contribution in [0.15, 0.2) is 36.4 Å². The molecule has 2 heterocycles. The summed E-state index contributed by atoms with van der Waals surface area (Å²) in [6.45, 7) is 2.20. The Morgan fingerprint density at radius 2 is 1.94 bits per heavy atom. The van der Waals surface area contributed by atoms with Crippen molar-refractivity contribution in [2.24, 2.45) is 0 Å². The number of hydrogen-bond acceptors (Lipinski definition) is 2. The Labute approximate surface area is 100 Å². The van der Waals surface area contributed by atoms with Crippen molar-refractivity contribution in [1.29, 1.82) is 0 Å². The Kier molecular flexibility index (Phi) is 2.52. The molecule has 0 bridgehead atoms. The number of hydrogen-bond donors (Lipinski definition) is 0. The quantitative estimate of drug-likeness (QED) is 0.685. The van der Waals surface area contributed by atoms with Gasteiger partial charge in [0.25, 0.3) is 0 Å². The van der Waals surface area contributed by atoms with Gasteiger partial charge in [0.05, 0.1) is 5.52 Å². The predicted octanol–water partition coefficient (Wildman–Crippen LogP) is 3.23. The molecule has 17 heavy (non-hydrogen) atoms. The van der Waals surface area contributed by atoms with E-state index in [1.165, 1.54) is 17.3 Å². The average Bonchev–Trinajstić information content (AvgIpc) is 2.80. The topological polar surface area (TPSA) is 30.2 Å². The smallest absolute Gasteiger partial charge is 0.161 e. The van der Waals surface area contributed by atoms with Crippen molar-refractivity contribution in [2.75, 3.05) is 0 Å². The van der Waals surface area contributed by atoms with Gasteiger partial charge in [-0.25, -0.2) is 0 Å². The Morgan fingerprint density at radius 1 is 1.06 bits per heavy atom. The highest BCUT2D eigenvalue weighted by Gasteiger charge is 2.07. The van der Waals surface area contributed by atoms with Crippen LogP contribution in [-0.2, 0) is 6.42 Å². The van der Waals surface area contributed by atoms with Crippen LogP contribution < -0.4 is 0 Å². The van der Waals surface area contributed by atoms with Gasteiger partial charge in [-0.1, -0.05) is 31.5 Å². The van der Waals surface area contributed by atoms with Gasteiger partial charge in [-0.3, -0.25) is 4.40 Å². The second-order valence-electron chi connectivity index (χ2n) is 4.31. The summed E-state index contributed by atoms with van der Waals surface area (Å²) < 4.78 is 2.17. The van der Waals surface area contributed by atoms with Crippen molar-refractivity contribution in [1.82, 2.24) is 14.6 Å². The molecule has 0 unspecified atom stereocenters. The van der Waals surface area contributed by atoms with Gasteiger partial charge in [0.15, 0.2) is 5.65 Å². The first-order valence-corrected chi connectivity index (χ1v) is 6.12. The van der Waals surface area contributed by atoms with Gasteiger partial charge in [0, 0.05) is 6.42 Å². The third-order valence-electron chi connectivity index (χ3n) is 3.10. The minimum Gasteiger partial charge on any atom is -0.279 e. The third kappa shape index (κ3) is 1.68. The van der Waals surface area contributed by atoms with Crippen LogP contribution in [-0.4, -0.2) is 14.6 Å². The van der Waals surface area contributed by atoms with E-state index < -0.39 is 0 Å². The lowest BCUT2D eigenvalue weighted by atomic mass is 10.2. The van der Waals surface area contributed by atoms with Gasteiger partial charge >= 0.3 is 0 Å². The van der Waals surface area contributed by atoms with Gasteiger partial charge in [-0.05, 0) is 30.0 Å². The molecule has 3 nitrogen and oxygen atoms in total. The van der Waals surface area contributed by atoms with Crippen LogP contribution in [0.4, 0.5) is 0 Å². The second-order valence-corrected chi connectivity index (χ2v) is 4.31. The van der Waals surface area contributed by atoms with E-state index in [1.807, 2.05) is 6.07 Å². The lowest BCUT2D eigenvalue weighted by molar-refractivity contribution is 0.747. The van der Waals surface area contributed by atoms with E-state index in [0.717, 1.165) is 24.3 Å². The molecule has 0 atom stereocenters. The molecule has 0 N–H and O–H groups in total. The molecule has 3 heteroatoms. The van der Waals surface area contributed by atoms with Crippen LogP contribution in [0.3, 0.4) is 0 Å². The number of aromatic nitrogens is 3. The molecule has 0 saturated carbocycles. The average molecular weight is 225 g/mol. The fourth-order valence-corrected chi connectivity index (χ4v) is 2.19. The molecule has 3 aromatic rings. The number of pyridine rings is 1. The first-order valence-electron chi connectivity index (χ1n) is 6.12. The van der Waals surface area contributed by atoms with E-state index in [2.05, 4.69) is 51.9 Å². The fourth-order valence-electron chi connectivity index (χ4n) is 2.19. The van der Waals surface area contributed by atoms with E-state index >= 15 is 0 Å². The highest BCUT2D eigenvalue weighted by Crippen LogP contribution is 2.18. The Morgan fingerprint density at radius 3 is 2.82 bits per heavy atom. The Hall–Kier alpha value is -1.90. The maximum atomic E-state index is 4.30. The van der Waals surface area contributed by atoms with Crippen LogP contribution in [0, 0.1) is 0 Å². The highest BCUT2D eigenvalue weighted by molar-refractivity contribution is 5.81. The van der Waals surface area contributed by atoms with E-state index in [9.17, 15) is 0 Å². The van der Waals surface area contributed by atoms with E-state index in [-0.39, 0.29) is 0 Å². The predicted molar refractivity (Wildman–Crippen MR) is 69.1 cm³/mol. The van der Waals surface area contributed by atoms with Gasteiger partial charge in [0.1, 0.15) is 5.82 Å². The zero-order valence-electron chi connectivity index (χ0n) is 9.93. The monoisotopic (exact) mass is 225 g/mol. The number of benzene rings is 1. The van der Waals surface area contributed by atoms with Gasteiger partial charge in [-0.15, -0.1) is 10.2 Å². The van der Waals surface area contributed by atoms with Crippen LogP contribution in [0.5, 0.6) is 0 Å². The van der Waals surface area contributed by atoms with Crippen LogP contribution in [0.25, 0.3) is 16.6 Å². The molecule has 0 aliphatic carbocycles. The van der Waals surface area contributed by atoms with Crippen LogP contribution in [0.1, 0.15) is 25.6 Å². The standard InChI is InChI=1S/C14H15N3/c1-2-3-8-13-15-16-14-10-9-11-6-4-5-7-12(11)17(13)14/h4-7,9-10H,2-3,8H2,1H3. The summed E-state index contributed by atoms with van der Waals surface area (Å²) in [4.78, 5) is 0. The normalized spacial score (nSPS) is 11.4. The van der Waals surface area contributed by atoms with Crippen LogP contribution >= 0.6 is 0 Å².